The maximum absolute atomic E-state index is 6.13. The molecule has 1 fully saturated rings. The van der Waals surface area contributed by atoms with Crippen molar-refractivity contribution >= 4 is 46.3 Å². The zero-order valence-corrected chi connectivity index (χ0v) is 15.7. The van der Waals surface area contributed by atoms with Crippen molar-refractivity contribution in [1.29, 1.82) is 0 Å². The van der Waals surface area contributed by atoms with Gasteiger partial charge in [0.15, 0.2) is 5.65 Å². The Bertz CT molecular complexity index is 947. The number of nitrogens with zero attached hydrogens (tertiary/aromatic N) is 4. The van der Waals surface area contributed by atoms with Gasteiger partial charge in [0, 0.05) is 28.8 Å². The molecule has 1 aliphatic heterocycles. The predicted octanol–water partition coefficient (Wildman–Crippen LogP) is 3.69. The fraction of sp³-hybridized carbons (Fsp3) is 0.353. The monoisotopic (exact) mass is 392 g/mol. The molecule has 9 heteroatoms. The largest absolute Gasteiger partial charge is 0.381 e. The maximum atomic E-state index is 6.13. The molecule has 1 aliphatic rings. The third-order valence-corrected chi connectivity index (χ3v) is 4.98. The van der Waals surface area contributed by atoms with Gasteiger partial charge < -0.3 is 15.8 Å². The first-order valence-corrected chi connectivity index (χ1v) is 9.02. The van der Waals surface area contributed by atoms with Crippen molar-refractivity contribution in [3.05, 3.63) is 34.4 Å². The summed E-state index contributed by atoms with van der Waals surface area (Å²) in [7, 11) is 0. The zero-order valence-electron chi connectivity index (χ0n) is 14.2. The molecule has 136 valence electrons. The van der Waals surface area contributed by atoms with E-state index in [1.807, 2.05) is 0 Å². The third kappa shape index (κ3) is 3.30. The van der Waals surface area contributed by atoms with Crippen molar-refractivity contribution in [3.63, 3.8) is 0 Å². The quantitative estimate of drug-likeness (QED) is 0.706. The first-order chi connectivity index (χ1) is 12.4. The normalized spacial score (nSPS) is 16.7. The Morgan fingerprint density at radius 2 is 1.85 bits per heavy atom. The Balaban J connectivity index is 1.77. The number of halogens is 2. The molecule has 0 bridgehead atoms. The van der Waals surface area contributed by atoms with E-state index in [9.17, 15) is 0 Å². The van der Waals surface area contributed by atoms with Gasteiger partial charge in [0.25, 0.3) is 0 Å². The van der Waals surface area contributed by atoms with Crippen molar-refractivity contribution in [2.75, 3.05) is 24.3 Å². The van der Waals surface area contributed by atoms with Gasteiger partial charge in [0.2, 0.25) is 11.9 Å². The summed E-state index contributed by atoms with van der Waals surface area (Å²) in [4.78, 5) is 13.4. The number of nitrogens with one attached hydrogen (secondary N) is 1. The van der Waals surface area contributed by atoms with Gasteiger partial charge in [0.05, 0.1) is 11.9 Å². The molecule has 0 aliphatic carbocycles. The van der Waals surface area contributed by atoms with E-state index in [2.05, 4.69) is 27.2 Å². The average molecular weight is 393 g/mol. The van der Waals surface area contributed by atoms with Crippen LogP contribution >= 0.6 is 23.2 Å². The van der Waals surface area contributed by atoms with E-state index in [1.54, 1.807) is 29.0 Å². The number of ether oxygens (including phenoxy) is 1. The van der Waals surface area contributed by atoms with Crippen molar-refractivity contribution in [1.82, 2.24) is 19.5 Å². The van der Waals surface area contributed by atoms with E-state index in [0.717, 1.165) is 26.1 Å². The summed E-state index contributed by atoms with van der Waals surface area (Å²) >= 11 is 12.3. The van der Waals surface area contributed by atoms with Crippen LogP contribution in [0.2, 0.25) is 10.0 Å². The van der Waals surface area contributed by atoms with Crippen LogP contribution < -0.4 is 11.1 Å². The Morgan fingerprint density at radius 3 is 2.54 bits per heavy atom. The van der Waals surface area contributed by atoms with E-state index in [1.165, 1.54) is 0 Å². The molecule has 0 amide bonds. The van der Waals surface area contributed by atoms with Crippen molar-refractivity contribution < 1.29 is 4.74 Å². The summed E-state index contributed by atoms with van der Waals surface area (Å²) in [6.45, 7) is 3.58. The summed E-state index contributed by atoms with van der Waals surface area (Å²) in [5, 5.41) is 4.44. The van der Waals surface area contributed by atoms with Gasteiger partial charge in [-0.25, -0.2) is 9.97 Å². The second kappa shape index (κ2) is 6.57. The second-order valence-corrected chi connectivity index (χ2v) is 7.51. The van der Waals surface area contributed by atoms with Crippen LogP contribution in [-0.2, 0) is 4.74 Å². The lowest BCUT2D eigenvalue weighted by Crippen LogP contribution is -2.41. The molecule has 3 aromatic rings. The molecule has 0 saturated carbocycles. The van der Waals surface area contributed by atoms with Crippen molar-refractivity contribution in [2.45, 2.75) is 25.3 Å². The Morgan fingerprint density at radius 1 is 1.15 bits per heavy atom. The fourth-order valence-electron chi connectivity index (χ4n) is 3.09. The van der Waals surface area contributed by atoms with E-state index >= 15 is 0 Å². The predicted molar refractivity (Wildman–Crippen MR) is 103 cm³/mol. The molecule has 0 unspecified atom stereocenters. The lowest BCUT2D eigenvalue weighted by molar-refractivity contribution is 0.0656. The molecular formula is C17H18Cl2N6O. The number of benzene rings is 1. The lowest BCUT2D eigenvalue weighted by atomic mass is 9.93. The number of fused-ring (bicyclic) bond motifs is 1. The second-order valence-electron chi connectivity index (χ2n) is 6.63. The molecule has 1 saturated heterocycles. The number of imidazole rings is 1. The number of nitrogen functional groups attached to an aromatic ring is 1. The van der Waals surface area contributed by atoms with E-state index in [-0.39, 0.29) is 5.54 Å². The highest BCUT2D eigenvalue weighted by atomic mass is 35.5. The highest BCUT2D eigenvalue weighted by molar-refractivity contribution is 6.34. The van der Waals surface area contributed by atoms with Crippen LogP contribution in [0.5, 0.6) is 0 Å². The molecule has 1 aromatic carbocycles. The van der Waals surface area contributed by atoms with Gasteiger partial charge >= 0.3 is 0 Å². The summed E-state index contributed by atoms with van der Waals surface area (Å²) in [5.41, 5.74) is 7.89. The fourth-order valence-corrected chi connectivity index (χ4v) is 3.61. The number of rotatable bonds is 3. The average Bonchev–Trinajstić information content (AvgIpc) is 2.89. The van der Waals surface area contributed by atoms with Gasteiger partial charge in [0.1, 0.15) is 5.52 Å². The Labute approximate surface area is 160 Å². The zero-order chi connectivity index (χ0) is 18.3. The number of hydrogen-bond acceptors (Lipinski definition) is 6. The molecule has 3 heterocycles. The maximum Gasteiger partial charge on any atom is 0.225 e. The number of anilines is 2. The van der Waals surface area contributed by atoms with Gasteiger partial charge in [-0.3, -0.25) is 4.57 Å². The molecule has 26 heavy (non-hydrogen) atoms. The molecule has 2 aromatic heterocycles. The van der Waals surface area contributed by atoms with Crippen LogP contribution in [0.25, 0.3) is 16.9 Å². The summed E-state index contributed by atoms with van der Waals surface area (Å²) in [6.07, 6.45) is 3.44. The SMILES string of the molecule is CC1(Nc2ncc3nc(N)n(-c4cc(Cl)cc(Cl)c4)c3n2)CCOCC1. The van der Waals surface area contributed by atoms with Gasteiger partial charge in [-0.1, -0.05) is 23.2 Å². The minimum atomic E-state index is -0.109. The molecule has 0 atom stereocenters. The standard InChI is InChI=1S/C17H18Cl2N6O/c1-17(2-4-26-5-3-17)24-16-21-9-13-14(23-16)25(15(20)22-13)12-7-10(18)6-11(19)8-12/h6-9H,2-5H2,1H3,(H2,20,22)(H,21,23,24). The molecule has 0 spiro atoms. The van der Waals surface area contributed by atoms with Gasteiger partial charge in [-0.05, 0) is 38.0 Å². The first kappa shape index (κ1) is 17.3. The minimum absolute atomic E-state index is 0.109. The summed E-state index contributed by atoms with van der Waals surface area (Å²) in [6, 6.07) is 5.19. The van der Waals surface area contributed by atoms with Crippen LogP contribution in [0.1, 0.15) is 19.8 Å². The van der Waals surface area contributed by atoms with Crippen molar-refractivity contribution in [3.8, 4) is 5.69 Å². The highest BCUT2D eigenvalue weighted by Gasteiger charge is 2.28. The van der Waals surface area contributed by atoms with E-state index in [0.29, 0.717) is 38.8 Å². The Hall–Kier alpha value is -2.09. The lowest BCUT2D eigenvalue weighted by Gasteiger charge is -2.34. The summed E-state index contributed by atoms with van der Waals surface area (Å²) in [5.74, 6) is 0.818. The van der Waals surface area contributed by atoms with Crippen molar-refractivity contribution in [2.24, 2.45) is 0 Å². The van der Waals surface area contributed by atoms with Gasteiger partial charge in [-0.2, -0.15) is 4.98 Å². The van der Waals surface area contributed by atoms with Crippen LogP contribution in [0.4, 0.5) is 11.9 Å². The third-order valence-electron chi connectivity index (χ3n) is 4.54. The minimum Gasteiger partial charge on any atom is -0.381 e. The molecule has 4 rings (SSSR count). The Kier molecular flexibility index (Phi) is 4.38. The van der Waals surface area contributed by atoms with E-state index in [4.69, 9.17) is 33.7 Å². The number of hydrogen-bond donors (Lipinski definition) is 2. The molecule has 7 nitrogen and oxygen atoms in total. The molecule has 3 N–H and O–H groups in total. The van der Waals surface area contributed by atoms with Crippen LogP contribution in [-0.4, -0.2) is 38.3 Å². The van der Waals surface area contributed by atoms with E-state index < -0.39 is 0 Å². The molecular weight excluding hydrogens is 375 g/mol. The molecule has 0 radical (unpaired) electrons. The van der Waals surface area contributed by atoms with Crippen LogP contribution in [0.15, 0.2) is 24.4 Å². The number of nitrogens with two attached hydrogens (primary N) is 1. The first-order valence-electron chi connectivity index (χ1n) is 8.27. The van der Waals surface area contributed by atoms with Crippen LogP contribution in [0.3, 0.4) is 0 Å². The topological polar surface area (TPSA) is 90.9 Å². The smallest absolute Gasteiger partial charge is 0.225 e. The van der Waals surface area contributed by atoms with Crippen LogP contribution in [0, 0.1) is 0 Å². The summed E-state index contributed by atoms with van der Waals surface area (Å²) < 4.78 is 7.15. The van der Waals surface area contributed by atoms with Gasteiger partial charge in [-0.15, -0.1) is 0 Å². The number of aromatic nitrogens is 4. The highest BCUT2D eigenvalue weighted by Crippen LogP contribution is 2.28.